The summed E-state index contributed by atoms with van der Waals surface area (Å²) in [6.45, 7) is 1.51. The van der Waals surface area contributed by atoms with E-state index in [1.807, 2.05) is 10.8 Å². The maximum absolute atomic E-state index is 11.8. The quantitative estimate of drug-likeness (QED) is 0.796. The van der Waals surface area contributed by atoms with Crippen molar-refractivity contribution < 1.29 is 9.90 Å². The van der Waals surface area contributed by atoms with E-state index in [4.69, 9.17) is 0 Å². The van der Waals surface area contributed by atoms with E-state index in [0.29, 0.717) is 16.6 Å². The first kappa shape index (κ1) is 14.6. The van der Waals surface area contributed by atoms with Gasteiger partial charge in [-0.2, -0.15) is 0 Å². The molecule has 1 heterocycles. The number of hydrogen-bond donors (Lipinski definition) is 2. The van der Waals surface area contributed by atoms with Gasteiger partial charge in [-0.1, -0.05) is 0 Å². The summed E-state index contributed by atoms with van der Waals surface area (Å²) >= 11 is 3.18. The number of nitrogens with zero attached hydrogens (tertiary/aromatic N) is 2. The van der Waals surface area contributed by atoms with Crippen LogP contribution in [0, 0.1) is 0 Å². The number of halogens is 1. The zero-order valence-corrected chi connectivity index (χ0v) is 12.5. The molecule has 1 aromatic carbocycles. The molecule has 6 heteroatoms. The van der Waals surface area contributed by atoms with Crippen LogP contribution in [-0.2, 0) is 6.54 Å². The Morgan fingerprint density at radius 1 is 1.40 bits per heavy atom. The molecule has 0 saturated heterocycles. The third-order valence-electron chi connectivity index (χ3n) is 2.90. The van der Waals surface area contributed by atoms with Crippen LogP contribution in [-0.4, -0.2) is 27.1 Å². The highest BCUT2D eigenvalue weighted by Gasteiger charge is 2.07. The molecular formula is C14H16BrN3O2. The van der Waals surface area contributed by atoms with Crippen LogP contribution in [0.25, 0.3) is 0 Å². The van der Waals surface area contributed by atoms with E-state index < -0.39 is 0 Å². The standard InChI is InChI=1S/C14H16BrN3O2/c15-12-4-3-11(9-13(12)19)14(20)17-5-1-2-7-18-8-6-16-10-18/h3-4,6,8-10,19H,1-2,5,7H2,(H,17,20). The molecule has 0 saturated carbocycles. The summed E-state index contributed by atoms with van der Waals surface area (Å²) in [4.78, 5) is 15.8. The van der Waals surface area contributed by atoms with Crippen LogP contribution >= 0.6 is 15.9 Å². The second-order valence-corrected chi connectivity index (χ2v) is 5.28. The Kier molecular flexibility index (Phi) is 5.17. The van der Waals surface area contributed by atoms with Gasteiger partial charge >= 0.3 is 0 Å². The van der Waals surface area contributed by atoms with E-state index >= 15 is 0 Å². The van der Waals surface area contributed by atoms with Crippen molar-refractivity contribution in [3.8, 4) is 5.75 Å². The van der Waals surface area contributed by atoms with Gasteiger partial charge in [-0.05, 0) is 47.0 Å². The predicted molar refractivity (Wildman–Crippen MR) is 79.6 cm³/mol. The summed E-state index contributed by atoms with van der Waals surface area (Å²) in [5, 5.41) is 12.4. The highest BCUT2D eigenvalue weighted by Crippen LogP contribution is 2.24. The Balaban J connectivity index is 1.70. The van der Waals surface area contributed by atoms with Gasteiger partial charge in [0.2, 0.25) is 0 Å². The Labute approximate surface area is 125 Å². The summed E-state index contributed by atoms with van der Waals surface area (Å²) in [7, 11) is 0. The lowest BCUT2D eigenvalue weighted by Gasteiger charge is -2.06. The number of carbonyl (C=O) groups excluding carboxylic acids is 1. The van der Waals surface area contributed by atoms with Gasteiger partial charge in [0, 0.05) is 31.0 Å². The molecule has 0 unspecified atom stereocenters. The first-order valence-corrected chi connectivity index (χ1v) is 7.18. The number of hydrogen-bond acceptors (Lipinski definition) is 3. The minimum Gasteiger partial charge on any atom is -0.507 e. The molecule has 0 aliphatic carbocycles. The fourth-order valence-corrected chi connectivity index (χ4v) is 2.04. The third-order valence-corrected chi connectivity index (χ3v) is 3.57. The molecule has 5 nitrogen and oxygen atoms in total. The molecule has 0 radical (unpaired) electrons. The van der Waals surface area contributed by atoms with Gasteiger partial charge in [-0.3, -0.25) is 4.79 Å². The molecule has 0 aliphatic heterocycles. The second kappa shape index (κ2) is 7.09. The Bertz CT molecular complexity index is 570. The van der Waals surface area contributed by atoms with Crippen LogP contribution in [0.2, 0.25) is 0 Å². The van der Waals surface area contributed by atoms with Gasteiger partial charge in [0.1, 0.15) is 5.75 Å². The average molecular weight is 338 g/mol. The number of unbranched alkanes of at least 4 members (excludes halogenated alkanes) is 1. The number of rotatable bonds is 6. The number of phenols is 1. The smallest absolute Gasteiger partial charge is 0.251 e. The summed E-state index contributed by atoms with van der Waals surface area (Å²) in [6, 6.07) is 4.78. The van der Waals surface area contributed by atoms with Gasteiger partial charge in [-0.25, -0.2) is 4.98 Å². The predicted octanol–water partition coefficient (Wildman–Crippen LogP) is 2.56. The number of imidazole rings is 1. The third kappa shape index (κ3) is 4.09. The molecule has 0 fully saturated rings. The van der Waals surface area contributed by atoms with Crippen molar-refractivity contribution in [3.63, 3.8) is 0 Å². The van der Waals surface area contributed by atoms with E-state index in [1.54, 1.807) is 24.7 Å². The molecule has 0 atom stereocenters. The number of nitrogens with one attached hydrogen (secondary N) is 1. The van der Waals surface area contributed by atoms with E-state index in [1.165, 1.54) is 6.07 Å². The zero-order valence-electron chi connectivity index (χ0n) is 10.9. The lowest BCUT2D eigenvalue weighted by Crippen LogP contribution is -2.24. The van der Waals surface area contributed by atoms with Gasteiger partial charge in [0.05, 0.1) is 10.8 Å². The van der Waals surface area contributed by atoms with Crippen LogP contribution in [0.3, 0.4) is 0 Å². The largest absolute Gasteiger partial charge is 0.507 e. The summed E-state index contributed by atoms with van der Waals surface area (Å²) in [5.74, 6) is -0.104. The van der Waals surface area contributed by atoms with Gasteiger partial charge in [0.25, 0.3) is 5.91 Å². The van der Waals surface area contributed by atoms with Crippen LogP contribution in [0.15, 0.2) is 41.4 Å². The van der Waals surface area contributed by atoms with Crippen LogP contribution in [0.1, 0.15) is 23.2 Å². The molecule has 20 heavy (non-hydrogen) atoms. The second-order valence-electron chi connectivity index (χ2n) is 4.43. The Morgan fingerprint density at radius 2 is 2.25 bits per heavy atom. The Morgan fingerprint density at radius 3 is 2.95 bits per heavy atom. The van der Waals surface area contributed by atoms with E-state index in [9.17, 15) is 9.90 Å². The van der Waals surface area contributed by atoms with Crippen molar-refractivity contribution >= 4 is 21.8 Å². The lowest BCUT2D eigenvalue weighted by molar-refractivity contribution is 0.0952. The van der Waals surface area contributed by atoms with E-state index in [2.05, 4.69) is 26.2 Å². The summed E-state index contributed by atoms with van der Waals surface area (Å²) < 4.78 is 2.59. The first-order valence-electron chi connectivity index (χ1n) is 6.39. The lowest BCUT2D eigenvalue weighted by atomic mass is 10.2. The van der Waals surface area contributed by atoms with Gasteiger partial charge < -0.3 is 15.0 Å². The normalized spacial score (nSPS) is 10.4. The molecule has 2 rings (SSSR count). The van der Waals surface area contributed by atoms with Crippen LogP contribution < -0.4 is 5.32 Å². The number of aromatic nitrogens is 2. The van der Waals surface area contributed by atoms with E-state index in [0.717, 1.165) is 19.4 Å². The minimum absolute atomic E-state index is 0.0674. The van der Waals surface area contributed by atoms with Crippen molar-refractivity contribution in [2.75, 3.05) is 6.54 Å². The Hall–Kier alpha value is -1.82. The monoisotopic (exact) mass is 337 g/mol. The van der Waals surface area contributed by atoms with Crippen molar-refractivity contribution in [1.29, 1.82) is 0 Å². The number of carbonyl (C=O) groups is 1. The number of amides is 1. The topological polar surface area (TPSA) is 67.2 Å². The summed E-state index contributed by atoms with van der Waals surface area (Å²) in [6.07, 6.45) is 7.32. The molecule has 0 bridgehead atoms. The van der Waals surface area contributed by atoms with Crippen molar-refractivity contribution in [3.05, 3.63) is 47.0 Å². The molecule has 0 spiro atoms. The maximum atomic E-state index is 11.8. The molecule has 0 aliphatic rings. The maximum Gasteiger partial charge on any atom is 0.251 e. The van der Waals surface area contributed by atoms with E-state index in [-0.39, 0.29) is 11.7 Å². The fraction of sp³-hybridized carbons (Fsp3) is 0.286. The summed E-state index contributed by atoms with van der Waals surface area (Å²) in [5.41, 5.74) is 0.459. The van der Waals surface area contributed by atoms with Crippen LogP contribution in [0.4, 0.5) is 0 Å². The highest BCUT2D eigenvalue weighted by atomic mass is 79.9. The first-order chi connectivity index (χ1) is 9.66. The molecule has 106 valence electrons. The molecule has 1 aromatic heterocycles. The number of phenolic OH excluding ortho intramolecular Hbond substituents is 1. The number of aryl methyl sites for hydroxylation is 1. The minimum atomic E-state index is -0.171. The number of benzene rings is 1. The molecule has 2 aromatic rings. The van der Waals surface area contributed by atoms with Crippen molar-refractivity contribution in [2.24, 2.45) is 0 Å². The van der Waals surface area contributed by atoms with Gasteiger partial charge in [0.15, 0.2) is 0 Å². The van der Waals surface area contributed by atoms with Crippen molar-refractivity contribution in [2.45, 2.75) is 19.4 Å². The molecule has 2 N–H and O–H groups in total. The highest BCUT2D eigenvalue weighted by molar-refractivity contribution is 9.10. The van der Waals surface area contributed by atoms with Gasteiger partial charge in [-0.15, -0.1) is 0 Å². The molecular weight excluding hydrogens is 322 g/mol. The molecule has 1 amide bonds. The van der Waals surface area contributed by atoms with Crippen LogP contribution in [0.5, 0.6) is 5.75 Å². The SMILES string of the molecule is O=C(NCCCCn1ccnc1)c1ccc(Br)c(O)c1. The van der Waals surface area contributed by atoms with Crippen molar-refractivity contribution in [1.82, 2.24) is 14.9 Å². The fourth-order valence-electron chi connectivity index (χ4n) is 1.80. The number of aromatic hydroxyl groups is 1. The zero-order chi connectivity index (χ0) is 14.4. The average Bonchev–Trinajstić information content (AvgIpc) is 2.94.